The SMILES string of the molecule is C[C@@H]1CN(C(=O)COc2ccc([N+](=O)[O-])cc2Cl)[C@@H](C)CN1Cc1ccc(F)cc1. The Morgan fingerprint density at radius 2 is 1.90 bits per heavy atom. The van der Waals surface area contributed by atoms with Crippen molar-refractivity contribution >= 4 is 23.2 Å². The lowest BCUT2D eigenvalue weighted by Crippen LogP contribution is -2.58. The largest absolute Gasteiger partial charge is 0.482 e. The monoisotopic (exact) mass is 435 g/mol. The minimum atomic E-state index is -0.546. The van der Waals surface area contributed by atoms with E-state index >= 15 is 0 Å². The summed E-state index contributed by atoms with van der Waals surface area (Å²) in [5, 5.41) is 10.9. The molecule has 7 nitrogen and oxygen atoms in total. The van der Waals surface area contributed by atoms with Crippen LogP contribution < -0.4 is 4.74 Å². The summed E-state index contributed by atoms with van der Waals surface area (Å²) in [6.45, 7) is 5.72. The molecule has 9 heteroatoms. The number of non-ortho nitro benzene ring substituents is 1. The van der Waals surface area contributed by atoms with E-state index in [0.717, 1.165) is 5.56 Å². The Morgan fingerprint density at radius 1 is 1.20 bits per heavy atom. The van der Waals surface area contributed by atoms with Crippen molar-refractivity contribution in [3.63, 3.8) is 0 Å². The topological polar surface area (TPSA) is 75.9 Å². The molecule has 1 amide bonds. The predicted octanol–water partition coefficient (Wildman–Crippen LogP) is 3.89. The van der Waals surface area contributed by atoms with Crippen molar-refractivity contribution in [2.24, 2.45) is 0 Å². The fraction of sp³-hybridized carbons (Fsp3) is 0.381. The second kappa shape index (κ2) is 9.40. The molecular weight excluding hydrogens is 413 g/mol. The van der Waals surface area contributed by atoms with Gasteiger partial charge in [-0.25, -0.2) is 4.39 Å². The molecule has 0 aromatic heterocycles. The van der Waals surface area contributed by atoms with Crippen LogP contribution in [0.5, 0.6) is 5.75 Å². The van der Waals surface area contributed by atoms with Crippen LogP contribution in [-0.4, -0.2) is 52.4 Å². The molecule has 0 saturated carbocycles. The van der Waals surface area contributed by atoms with Gasteiger partial charge in [0.25, 0.3) is 11.6 Å². The van der Waals surface area contributed by atoms with E-state index in [4.69, 9.17) is 16.3 Å². The highest BCUT2D eigenvalue weighted by molar-refractivity contribution is 6.32. The maximum absolute atomic E-state index is 13.1. The number of hydrogen-bond donors (Lipinski definition) is 0. The summed E-state index contributed by atoms with van der Waals surface area (Å²) in [6, 6.07) is 10.4. The third-order valence-corrected chi connectivity index (χ3v) is 5.51. The highest BCUT2D eigenvalue weighted by Gasteiger charge is 2.32. The molecule has 2 atom stereocenters. The lowest BCUT2D eigenvalue weighted by molar-refractivity contribution is -0.384. The number of rotatable bonds is 6. The molecular formula is C21H23ClFN3O4. The van der Waals surface area contributed by atoms with E-state index in [1.807, 2.05) is 13.8 Å². The summed E-state index contributed by atoms with van der Waals surface area (Å²) in [4.78, 5) is 27.0. The van der Waals surface area contributed by atoms with Crippen molar-refractivity contribution < 1.29 is 18.8 Å². The first-order chi connectivity index (χ1) is 14.2. The molecule has 1 fully saturated rings. The minimum absolute atomic E-state index is 0.0231. The van der Waals surface area contributed by atoms with Gasteiger partial charge in [0.15, 0.2) is 6.61 Å². The van der Waals surface area contributed by atoms with Crippen molar-refractivity contribution in [1.29, 1.82) is 0 Å². The maximum Gasteiger partial charge on any atom is 0.271 e. The van der Waals surface area contributed by atoms with Crippen molar-refractivity contribution in [2.75, 3.05) is 19.7 Å². The first kappa shape index (κ1) is 22.0. The molecule has 160 valence electrons. The second-order valence-electron chi connectivity index (χ2n) is 7.46. The first-order valence-corrected chi connectivity index (χ1v) is 9.97. The Balaban J connectivity index is 1.57. The zero-order chi connectivity index (χ0) is 21.8. The van der Waals surface area contributed by atoms with Gasteiger partial charge in [-0.15, -0.1) is 0 Å². The summed E-state index contributed by atoms with van der Waals surface area (Å²) in [7, 11) is 0. The van der Waals surface area contributed by atoms with Gasteiger partial charge >= 0.3 is 0 Å². The number of carbonyl (C=O) groups is 1. The summed E-state index contributed by atoms with van der Waals surface area (Å²) in [6.07, 6.45) is 0. The Bertz CT molecular complexity index is 925. The van der Waals surface area contributed by atoms with Crippen LogP contribution in [0.1, 0.15) is 19.4 Å². The van der Waals surface area contributed by atoms with Gasteiger partial charge in [-0.3, -0.25) is 19.8 Å². The molecule has 1 aliphatic rings. The number of piperazine rings is 1. The standard InChI is InChI=1S/C21H23ClFN3O4/c1-14-11-25(15(2)10-24(14)12-16-3-5-17(23)6-4-16)21(27)13-30-20-8-7-18(26(28)29)9-19(20)22/h3-9,14-15H,10-13H2,1-2H3/t14-,15+/m1/s1. The van der Waals surface area contributed by atoms with Gasteiger partial charge in [0.05, 0.1) is 9.95 Å². The molecule has 1 heterocycles. The number of amides is 1. The van der Waals surface area contributed by atoms with E-state index in [0.29, 0.717) is 19.6 Å². The van der Waals surface area contributed by atoms with Crippen LogP contribution in [-0.2, 0) is 11.3 Å². The van der Waals surface area contributed by atoms with Gasteiger partial charge in [0.2, 0.25) is 0 Å². The van der Waals surface area contributed by atoms with Gasteiger partial charge in [-0.2, -0.15) is 0 Å². The molecule has 30 heavy (non-hydrogen) atoms. The number of nitrogens with zero attached hydrogens (tertiary/aromatic N) is 3. The van der Waals surface area contributed by atoms with Crippen molar-refractivity contribution in [1.82, 2.24) is 9.80 Å². The van der Waals surface area contributed by atoms with E-state index in [2.05, 4.69) is 4.90 Å². The number of carbonyl (C=O) groups excluding carboxylic acids is 1. The molecule has 0 spiro atoms. The highest BCUT2D eigenvalue weighted by atomic mass is 35.5. The molecule has 0 aliphatic carbocycles. The van der Waals surface area contributed by atoms with E-state index in [-0.39, 0.29) is 46.9 Å². The van der Waals surface area contributed by atoms with Gasteiger partial charge in [0.1, 0.15) is 11.6 Å². The number of hydrogen-bond acceptors (Lipinski definition) is 5. The first-order valence-electron chi connectivity index (χ1n) is 9.59. The number of halogens is 2. The van der Waals surface area contributed by atoms with Crippen LogP contribution in [0.3, 0.4) is 0 Å². The molecule has 0 N–H and O–H groups in total. The molecule has 1 aliphatic heterocycles. The van der Waals surface area contributed by atoms with E-state index < -0.39 is 4.92 Å². The molecule has 2 aromatic rings. The van der Waals surface area contributed by atoms with Crippen LogP contribution >= 0.6 is 11.6 Å². The number of ether oxygens (including phenoxy) is 1. The Labute approximate surface area is 179 Å². The van der Waals surface area contributed by atoms with Gasteiger partial charge < -0.3 is 9.64 Å². The number of benzene rings is 2. The van der Waals surface area contributed by atoms with E-state index in [1.165, 1.54) is 30.3 Å². The molecule has 1 saturated heterocycles. The van der Waals surface area contributed by atoms with E-state index in [1.54, 1.807) is 17.0 Å². The van der Waals surface area contributed by atoms with Crippen molar-refractivity contribution in [3.8, 4) is 5.75 Å². The second-order valence-corrected chi connectivity index (χ2v) is 7.87. The van der Waals surface area contributed by atoms with Crippen LogP contribution in [0, 0.1) is 15.9 Å². The molecule has 0 radical (unpaired) electrons. The lowest BCUT2D eigenvalue weighted by atomic mass is 10.1. The number of nitro benzene ring substituents is 1. The van der Waals surface area contributed by atoms with Gasteiger partial charge in [0, 0.05) is 43.9 Å². The van der Waals surface area contributed by atoms with Gasteiger partial charge in [-0.1, -0.05) is 23.7 Å². The lowest BCUT2D eigenvalue weighted by Gasteiger charge is -2.44. The maximum atomic E-state index is 13.1. The van der Waals surface area contributed by atoms with Crippen LogP contribution in [0.2, 0.25) is 5.02 Å². The van der Waals surface area contributed by atoms with Crippen LogP contribution in [0.15, 0.2) is 42.5 Å². The Hall–Kier alpha value is -2.71. The van der Waals surface area contributed by atoms with E-state index in [9.17, 15) is 19.3 Å². The quantitative estimate of drug-likeness (QED) is 0.508. The Morgan fingerprint density at radius 3 is 2.53 bits per heavy atom. The average molecular weight is 436 g/mol. The summed E-state index contributed by atoms with van der Waals surface area (Å²) in [5.41, 5.74) is 0.879. The van der Waals surface area contributed by atoms with Crippen LogP contribution in [0.4, 0.5) is 10.1 Å². The molecule has 0 bridgehead atoms. The summed E-state index contributed by atoms with van der Waals surface area (Å²) in [5.74, 6) is -0.208. The normalized spacial score (nSPS) is 19.5. The molecule has 2 aromatic carbocycles. The zero-order valence-electron chi connectivity index (χ0n) is 16.8. The molecule has 0 unspecified atom stereocenters. The third kappa shape index (κ3) is 5.25. The van der Waals surface area contributed by atoms with Gasteiger partial charge in [-0.05, 0) is 37.6 Å². The summed E-state index contributed by atoms with van der Waals surface area (Å²) >= 11 is 6.02. The third-order valence-electron chi connectivity index (χ3n) is 5.21. The molecule has 3 rings (SSSR count). The van der Waals surface area contributed by atoms with Crippen molar-refractivity contribution in [2.45, 2.75) is 32.5 Å². The highest BCUT2D eigenvalue weighted by Crippen LogP contribution is 2.29. The average Bonchev–Trinajstić information content (AvgIpc) is 2.70. The fourth-order valence-electron chi connectivity index (χ4n) is 3.53. The predicted molar refractivity (Wildman–Crippen MR) is 111 cm³/mol. The minimum Gasteiger partial charge on any atom is -0.482 e. The van der Waals surface area contributed by atoms with Crippen LogP contribution in [0.25, 0.3) is 0 Å². The Kier molecular flexibility index (Phi) is 6.89. The zero-order valence-corrected chi connectivity index (χ0v) is 17.5. The smallest absolute Gasteiger partial charge is 0.271 e. The fourth-order valence-corrected chi connectivity index (χ4v) is 3.76. The van der Waals surface area contributed by atoms with Crippen molar-refractivity contribution in [3.05, 3.63) is 69.0 Å². The number of nitro groups is 1. The summed E-state index contributed by atoms with van der Waals surface area (Å²) < 4.78 is 18.6.